The van der Waals surface area contributed by atoms with Crippen molar-refractivity contribution < 1.29 is 4.42 Å². The van der Waals surface area contributed by atoms with E-state index in [4.69, 9.17) is 14.4 Å². The number of hydrogen-bond donors (Lipinski definition) is 0. The van der Waals surface area contributed by atoms with Gasteiger partial charge in [0.2, 0.25) is 0 Å². The third-order valence-electron chi connectivity index (χ3n) is 9.81. The second kappa shape index (κ2) is 10.1. The van der Waals surface area contributed by atoms with Gasteiger partial charge in [-0.25, -0.2) is 9.97 Å². The molecule has 4 nitrogen and oxygen atoms in total. The first-order valence-corrected chi connectivity index (χ1v) is 17.2. The maximum absolute atomic E-state index is 6.38. The lowest BCUT2D eigenvalue weighted by molar-refractivity contribution is 0.667. The van der Waals surface area contributed by atoms with Crippen LogP contribution in [-0.2, 0) is 0 Å². The van der Waals surface area contributed by atoms with Gasteiger partial charge in [-0.2, -0.15) is 0 Å². The van der Waals surface area contributed by atoms with E-state index in [1.165, 1.54) is 52.8 Å². The largest absolute Gasteiger partial charge is 0.452 e. The maximum atomic E-state index is 6.38. The monoisotopic (exact) mass is 643 g/mol. The summed E-state index contributed by atoms with van der Waals surface area (Å²) in [5.74, 6) is 0.696. The fourth-order valence-electron chi connectivity index (χ4n) is 7.66. The second-order valence-electron chi connectivity index (χ2n) is 12.5. The van der Waals surface area contributed by atoms with E-state index >= 15 is 0 Å². The van der Waals surface area contributed by atoms with Crippen LogP contribution in [0.25, 0.3) is 103 Å². The van der Waals surface area contributed by atoms with Gasteiger partial charge in [-0.3, -0.25) is 0 Å². The molecule has 4 aromatic heterocycles. The third-order valence-corrected chi connectivity index (χ3v) is 10.9. The van der Waals surface area contributed by atoms with Gasteiger partial charge in [-0.1, -0.05) is 109 Å². The molecule has 49 heavy (non-hydrogen) atoms. The molecular weight excluding hydrogens is 619 g/mol. The molecule has 0 radical (unpaired) electrons. The first-order chi connectivity index (χ1) is 24.3. The van der Waals surface area contributed by atoms with Crippen LogP contribution in [0.5, 0.6) is 0 Å². The summed E-state index contributed by atoms with van der Waals surface area (Å²) in [5.41, 5.74) is 8.74. The molecule has 0 N–H and O–H groups in total. The number of hydrogen-bond acceptors (Lipinski definition) is 4. The molecule has 0 atom stereocenters. The molecule has 0 fully saturated rings. The summed E-state index contributed by atoms with van der Waals surface area (Å²) in [6, 6.07) is 53.6. The number of benzene rings is 7. The predicted molar refractivity (Wildman–Crippen MR) is 205 cm³/mol. The Morgan fingerprint density at radius 2 is 1.33 bits per heavy atom. The number of aromatic nitrogens is 3. The molecule has 0 saturated carbocycles. The summed E-state index contributed by atoms with van der Waals surface area (Å²) in [5, 5.41) is 8.46. The Morgan fingerprint density at radius 1 is 0.531 bits per heavy atom. The molecular formula is C44H25N3OS. The van der Waals surface area contributed by atoms with Crippen LogP contribution >= 0.6 is 11.3 Å². The van der Waals surface area contributed by atoms with Gasteiger partial charge in [0.1, 0.15) is 16.8 Å². The Bertz CT molecular complexity index is 3110. The minimum Gasteiger partial charge on any atom is -0.452 e. The highest BCUT2D eigenvalue weighted by Crippen LogP contribution is 2.43. The molecule has 7 aromatic carbocycles. The van der Waals surface area contributed by atoms with E-state index in [2.05, 4.69) is 120 Å². The van der Waals surface area contributed by atoms with E-state index in [0.717, 1.165) is 39.0 Å². The van der Waals surface area contributed by atoms with Crippen LogP contribution < -0.4 is 0 Å². The first-order valence-electron chi connectivity index (χ1n) is 16.4. The summed E-state index contributed by atoms with van der Waals surface area (Å²) in [4.78, 5) is 10.4. The van der Waals surface area contributed by atoms with Crippen LogP contribution in [0.15, 0.2) is 156 Å². The van der Waals surface area contributed by atoms with Crippen LogP contribution in [0.3, 0.4) is 0 Å². The minimum absolute atomic E-state index is 0.696. The van der Waals surface area contributed by atoms with E-state index in [-0.39, 0.29) is 0 Å². The fraction of sp³-hybridized carbons (Fsp3) is 0. The van der Waals surface area contributed by atoms with Crippen molar-refractivity contribution in [2.24, 2.45) is 0 Å². The summed E-state index contributed by atoms with van der Waals surface area (Å²) in [6.45, 7) is 0. The lowest BCUT2D eigenvalue weighted by Gasteiger charge is -2.09. The first kappa shape index (κ1) is 26.7. The number of nitrogens with zero attached hydrogens (tertiary/aromatic N) is 3. The molecule has 0 aliphatic rings. The lowest BCUT2D eigenvalue weighted by Crippen LogP contribution is -1.94. The van der Waals surface area contributed by atoms with Crippen LogP contribution in [0.1, 0.15) is 0 Å². The van der Waals surface area contributed by atoms with Gasteiger partial charge in [0.15, 0.2) is 11.4 Å². The van der Waals surface area contributed by atoms with Crippen molar-refractivity contribution in [3.63, 3.8) is 0 Å². The van der Waals surface area contributed by atoms with Crippen molar-refractivity contribution >= 4 is 86.2 Å². The molecule has 0 unspecified atom stereocenters. The van der Waals surface area contributed by atoms with Crippen LogP contribution in [0.4, 0.5) is 0 Å². The fourth-order valence-corrected chi connectivity index (χ4v) is 8.83. The van der Waals surface area contributed by atoms with Gasteiger partial charge in [-0.15, -0.1) is 11.3 Å². The van der Waals surface area contributed by atoms with Gasteiger partial charge in [-0.05, 0) is 53.2 Å². The lowest BCUT2D eigenvalue weighted by atomic mass is 10.0. The van der Waals surface area contributed by atoms with Crippen LogP contribution in [-0.4, -0.2) is 14.5 Å². The van der Waals surface area contributed by atoms with Gasteiger partial charge < -0.3 is 8.98 Å². The highest BCUT2D eigenvalue weighted by atomic mass is 32.1. The molecule has 0 spiro atoms. The van der Waals surface area contributed by atoms with Gasteiger partial charge in [0, 0.05) is 53.1 Å². The van der Waals surface area contributed by atoms with Gasteiger partial charge in [0.25, 0.3) is 0 Å². The molecule has 5 heteroatoms. The molecule has 0 bridgehead atoms. The molecule has 11 rings (SSSR count). The van der Waals surface area contributed by atoms with Gasteiger partial charge in [0.05, 0.1) is 11.0 Å². The van der Waals surface area contributed by atoms with Crippen molar-refractivity contribution in [1.29, 1.82) is 0 Å². The minimum atomic E-state index is 0.696. The predicted octanol–water partition coefficient (Wildman–Crippen LogP) is 12.3. The average Bonchev–Trinajstić information content (AvgIpc) is 3.84. The van der Waals surface area contributed by atoms with E-state index in [1.807, 2.05) is 47.7 Å². The SMILES string of the molecule is c1ccc(-c2nc(-c3cccc4sc5cc(-n6c7ccccc7c7c8ccccc8ccc76)ccc5c34)nc3c2oc2ccccc23)cc1. The number of thiophene rings is 1. The van der Waals surface area contributed by atoms with Crippen molar-refractivity contribution in [3.8, 4) is 28.3 Å². The average molecular weight is 644 g/mol. The van der Waals surface area contributed by atoms with E-state index in [9.17, 15) is 0 Å². The smallest absolute Gasteiger partial charge is 0.180 e. The molecule has 0 aliphatic carbocycles. The zero-order valence-corrected chi connectivity index (χ0v) is 26.9. The highest BCUT2D eigenvalue weighted by Gasteiger charge is 2.21. The van der Waals surface area contributed by atoms with E-state index in [0.29, 0.717) is 11.4 Å². The molecule has 0 amide bonds. The van der Waals surface area contributed by atoms with Crippen molar-refractivity contribution in [1.82, 2.24) is 14.5 Å². The Morgan fingerprint density at radius 3 is 2.24 bits per heavy atom. The Hall–Kier alpha value is -6.30. The zero-order chi connectivity index (χ0) is 32.1. The van der Waals surface area contributed by atoms with E-state index < -0.39 is 0 Å². The van der Waals surface area contributed by atoms with Crippen molar-refractivity contribution in [3.05, 3.63) is 152 Å². The summed E-state index contributed by atoms with van der Waals surface area (Å²) < 4.78 is 11.2. The number of furan rings is 1. The number of fused-ring (bicyclic) bond motifs is 11. The topological polar surface area (TPSA) is 43.9 Å². The Kier molecular flexibility index (Phi) is 5.51. The summed E-state index contributed by atoms with van der Waals surface area (Å²) >= 11 is 1.82. The van der Waals surface area contributed by atoms with Crippen LogP contribution in [0.2, 0.25) is 0 Å². The van der Waals surface area contributed by atoms with Crippen LogP contribution in [0, 0.1) is 0 Å². The second-order valence-corrected chi connectivity index (χ2v) is 13.6. The van der Waals surface area contributed by atoms with E-state index in [1.54, 1.807) is 0 Å². The van der Waals surface area contributed by atoms with Gasteiger partial charge >= 0.3 is 0 Å². The Balaban J connectivity index is 1.16. The third kappa shape index (κ3) is 3.85. The highest BCUT2D eigenvalue weighted by molar-refractivity contribution is 7.26. The molecule has 228 valence electrons. The van der Waals surface area contributed by atoms with Crippen molar-refractivity contribution in [2.45, 2.75) is 0 Å². The number of para-hydroxylation sites is 2. The quantitative estimate of drug-likeness (QED) is 0.192. The summed E-state index contributed by atoms with van der Waals surface area (Å²) in [6.07, 6.45) is 0. The molecule has 0 saturated heterocycles. The Labute approximate surface area is 284 Å². The zero-order valence-electron chi connectivity index (χ0n) is 26.1. The van der Waals surface area contributed by atoms with Crippen molar-refractivity contribution in [2.75, 3.05) is 0 Å². The molecule has 4 heterocycles. The number of rotatable bonds is 3. The standard InChI is InChI=1S/C44H25N3OS/c1-2-12-27(13-3-1)41-43-42(31-16-7-9-19-36(31)48-43)46-44(45-41)33-17-10-20-37-40(33)32-23-22-28(25-38(32)49-37)47-34-18-8-6-15-30(34)39-29-14-5-4-11-26(29)21-24-35(39)47/h1-25H. The molecule has 11 aromatic rings. The maximum Gasteiger partial charge on any atom is 0.180 e. The molecule has 0 aliphatic heterocycles. The normalized spacial score (nSPS) is 12.1. The summed E-state index contributed by atoms with van der Waals surface area (Å²) in [7, 11) is 0.